The summed E-state index contributed by atoms with van der Waals surface area (Å²) < 4.78 is 15.4. The Morgan fingerprint density at radius 1 is 1.36 bits per heavy atom. The van der Waals surface area contributed by atoms with Crippen LogP contribution in [0.5, 0.6) is 0 Å². The summed E-state index contributed by atoms with van der Waals surface area (Å²) in [6.07, 6.45) is 2.17. The van der Waals surface area contributed by atoms with Crippen molar-refractivity contribution >= 4 is 11.6 Å². The number of benzene rings is 1. The molecule has 1 aliphatic rings. The number of nitrogens with zero attached hydrogens (tertiary/aromatic N) is 1. The highest BCUT2D eigenvalue weighted by molar-refractivity contribution is 5.94. The van der Waals surface area contributed by atoms with Gasteiger partial charge in [0, 0.05) is 30.9 Å². The quantitative estimate of drug-likeness (QED) is 0.900. The lowest BCUT2D eigenvalue weighted by molar-refractivity contribution is -0.117. The van der Waals surface area contributed by atoms with Crippen molar-refractivity contribution in [3.8, 4) is 5.69 Å². The van der Waals surface area contributed by atoms with Crippen LogP contribution in [0.3, 0.4) is 0 Å². The Morgan fingerprint density at radius 2 is 2.18 bits per heavy atom. The highest BCUT2D eigenvalue weighted by atomic mass is 19.1. The van der Waals surface area contributed by atoms with Crippen LogP contribution < -0.4 is 10.9 Å². The van der Waals surface area contributed by atoms with E-state index in [2.05, 4.69) is 5.32 Å². The van der Waals surface area contributed by atoms with Crippen LogP contribution >= 0.6 is 0 Å². The first-order valence-corrected chi connectivity index (χ1v) is 6.99. The van der Waals surface area contributed by atoms with Crippen LogP contribution in [-0.4, -0.2) is 22.2 Å². The molecule has 0 saturated heterocycles. The summed E-state index contributed by atoms with van der Waals surface area (Å²) in [7, 11) is 0. The molecule has 1 aromatic carbocycles. The fourth-order valence-electron chi connectivity index (χ4n) is 2.39. The van der Waals surface area contributed by atoms with Crippen molar-refractivity contribution in [2.24, 2.45) is 11.8 Å². The van der Waals surface area contributed by atoms with Gasteiger partial charge in [0.05, 0.1) is 11.4 Å². The summed E-state index contributed by atoms with van der Waals surface area (Å²) in [6, 6.07) is 8.87. The van der Waals surface area contributed by atoms with Crippen molar-refractivity contribution in [2.45, 2.75) is 6.42 Å². The van der Waals surface area contributed by atoms with E-state index in [1.54, 1.807) is 24.4 Å². The minimum Gasteiger partial charge on any atom is -0.396 e. The fraction of sp³-hybridized carbons (Fsp3) is 0.250. The van der Waals surface area contributed by atoms with Crippen molar-refractivity contribution in [1.29, 1.82) is 0 Å². The summed E-state index contributed by atoms with van der Waals surface area (Å²) in [6.45, 7) is -0.0313. The number of pyridine rings is 1. The van der Waals surface area contributed by atoms with Crippen molar-refractivity contribution in [3.63, 3.8) is 0 Å². The molecule has 1 aliphatic carbocycles. The summed E-state index contributed by atoms with van der Waals surface area (Å²) in [4.78, 5) is 23.6. The minimum absolute atomic E-state index is 0.0229. The van der Waals surface area contributed by atoms with Crippen LogP contribution in [0.25, 0.3) is 5.69 Å². The maximum Gasteiger partial charge on any atom is 0.255 e. The third-order valence-corrected chi connectivity index (χ3v) is 3.81. The molecule has 114 valence electrons. The average Bonchev–Trinajstić information content (AvgIpc) is 3.29. The van der Waals surface area contributed by atoms with Gasteiger partial charge in [-0.1, -0.05) is 6.07 Å². The number of amides is 1. The Kier molecular flexibility index (Phi) is 3.77. The Hall–Kier alpha value is -2.47. The number of carbonyl (C=O) groups is 1. The molecule has 1 heterocycles. The molecular weight excluding hydrogens is 287 g/mol. The molecule has 1 saturated carbocycles. The van der Waals surface area contributed by atoms with Crippen LogP contribution in [0.15, 0.2) is 47.4 Å². The number of aromatic nitrogens is 1. The molecule has 2 atom stereocenters. The van der Waals surface area contributed by atoms with E-state index in [-0.39, 0.29) is 35.6 Å². The van der Waals surface area contributed by atoms with E-state index in [9.17, 15) is 14.0 Å². The number of hydrogen-bond donors (Lipinski definition) is 2. The molecule has 0 aliphatic heterocycles. The molecule has 22 heavy (non-hydrogen) atoms. The lowest BCUT2D eigenvalue weighted by Crippen LogP contribution is -2.18. The molecule has 2 unspecified atom stereocenters. The van der Waals surface area contributed by atoms with Gasteiger partial charge in [-0.3, -0.25) is 14.2 Å². The monoisotopic (exact) mass is 302 g/mol. The Bertz CT molecular complexity index is 772. The van der Waals surface area contributed by atoms with Crippen LogP contribution in [-0.2, 0) is 4.79 Å². The topological polar surface area (TPSA) is 71.3 Å². The van der Waals surface area contributed by atoms with E-state index in [4.69, 9.17) is 5.11 Å². The number of aliphatic hydroxyl groups is 1. The smallest absolute Gasteiger partial charge is 0.255 e. The maximum atomic E-state index is 14.1. The van der Waals surface area contributed by atoms with E-state index in [0.29, 0.717) is 12.1 Å². The molecule has 6 heteroatoms. The van der Waals surface area contributed by atoms with Gasteiger partial charge in [-0.2, -0.15) is 0 Å². The normalized spacial score (nSPS) is 19.7. The second-order valence-electron chi connectivity index (χ2n) is 5.35. The van der Waals surface area contributed by atoms with Crippen LogP contribution in [0.4, 0.5) is 10.1 Å². The standard InChI is InChI=1S/C16H15FN2O3/c17-13-8-11(19-6-2-1-3-15(19)21)4-5-14(13)18-16(22)12-7-10(12)9-20/h1-6,8,10,12,20H,7,9H2,(H,18,22). The van der Waals surface area contributed by atoms with E-state index in [0.717, 1.165) is 0 Å². The second kappa shape index (κ2) is 5.73. The molecule has 0 spiro atoms. The van der Waals surface area contributed by atoms with Crippen LogP contribution in [0.2, 0.25) is 0 Å². The van der Waals surface area contributed by atoms with E-state index >= 15 is 0 Å². The summed E-state index contributed by atoms with van der Waals surface area (Å²) in [5.41, 5.74) is 0.199. The molecule has 2 aromatic rings. The van der Waals surface area contributed by atoms with Gasteiger partial charge in [0.2, 0.25) is 5.91 Å². The maximum absolute atomic E-state index is 14.1. The van der Waals surface area contributed by atoms with Gasteiger partial charge < -0.3 is 10.4 Å². The number of carbonyl (C=O) groups excluding carboxylic acids is 1. The molecule has 0 radical (unpaired) electrons. The van der Waals surface area contributed by atoms with E-state index in [1.165, 1.54) is 22.8 Å². The SMILES string of the molecule is O=C(Nc1ccc(-n2ccccc2=O)cc1F)C1CC1CO. The first-order chi connectivity index (χ1) is 10.6. The fourth-order valence-corrected chi connectivity index (χ4v) is 2.39. The Balaban J connectivity index is 1.80. The molecule has 1 aromatic heterocycles. The second-order valence-corrected chi connectivity index (χ2v) is 5.35. The van der Waals surface area contributed by atoms with Crippen LogP contribution in [0.1, 0.15) is 6.42 Å². The van der Waals surface area contributed by atoms with Gasteiger partial charge in [-0.15, -0.1) is 0 Å². The van der Waals surface area contributed by atoms with Crippen LogP contribution in [0, 0.1) is 17.7 Å². The zero-order chi connectivity index (χ0) is 15.7. The average molecular weight is 302 g/mol. The highest BCUT2D eigenvalue weighted by Gasteiger charge is 2.42. The summed E-state index contributed by atoms with van der Waals surface area (Å²) in [5, 5.41) is 11.5. The molecule has 1 fully saturated rings. The first kappa shape index (κ1) is 14.5. The zero-order valence-corrected chi connectivity index (χ0v) is 11.7. The van der Waals surface area contributed by atoms with Crippen molar-refractivity contribution in [3.05, 3.63) is 58.8 Å². The zero-order valence-electron chi connectivity index (χ0n) is 11.7. The number of nitrogens with one attached hydrogen (secondary N) is 1. The Morgan fingerprint density at radius 3 is 2.82 bits per heavy atom. The van der Waals surface area contributed by atoms with Crippen molar-refractivity contribution < 1.29 is 14.3 Å². The van der Waals surface area contributed by atoms with Gasteiger partial charge >= 0.3 is 0 Å². The summed E-state index contributed by atoms with van der Waals surface area (Å²) in [5.74, 6) is -1.17. The molecule has 3 rings (SSSR count). The van der Waals surface area contributed by atoms with Gasteiger partial charge in [0.15, 0.2) is 0 Å². The minimum atomic E-state index is -0.609. The number of rotatable bonds is 4. The predicted octanol–water partition coefficient (Wildman–Crippen LogP) is 1.54. The van der Waals surface area contributed by atoms with Crippen molar-refractivity contribution in [1.82, 2.24) is 4.57 Å². The summed E-state index contributed by atoms with van der Waals surface area (Å²) >= 11 is 0. The lowest BCUT2D eigenvalue weighted by atomic mass is 10.2. The van der Waals surface area contributed by atoms with Gasteiger partial charge in [0.1, 0.15) is 5.82 Å². The molecule has 1 amide bonds. The predicted molar refractivity (Wildman–Crippen MR) is 79.3 cm³/mol. The highest BCUT2D eigenvalue weighted by Crippen LogP contribution is 2.38. The van der Waals surface area contributed by atoms with Gasteiger partial charge in [-0.25, -0.2) is 4.39 Å². The largest absolute Gasteiger partial charge is 0.396 e. The molecule has 0 bridgehead atoms. The van der Waals surface area contributed by atoms with Gasteiger partial charge in [0.25, 0.3) is 5.56 Å². The van der Waals surface area contributed by atoms with E-state index in [1.807, 2.05) is 0 Å². The van der Waals surface area contributed by atoms with E-state index < -0.39 is 5.82 Å². The molecule has 2 N–H and O–H groups in total. The molecule has 5 nitrogen and oxygen atoms in total. The third-order valence-electron chi connectivity index (χ3n) is 3.81. The number of halogens is 1. The third kappa shape index (κ3) is 2.78. The number of anilines is 1. The number of hydrogen-bond acceptors (Lipinski definition) is 3. The first-order valence-electron chi connectivity index (χ1n) is 6.99. The Labute approximate surface area is 126 Å². The van der Waals surface area contributed by atoms with Crippen molar-refractivity contribution in [2.75, 3.05) is 11.9 Å². The van der Waals surface area contributed by atoms with Gasteiger partial charge in [-0.05, 0) is 30.5 Å². The molecular formula is C16H15FN2O3. The lowest BCUT2D eigenvalue weighted by Gasteiger charge is -2.09. The number of aliphatic hydroxyl groups excluding tert-OH is 1.